The molecule has 0 saturated carbocycles. The van der Waals surface area contributed by atoms with Crippen LogP contribution in [0.1, 0.15) is 12.8 Å². The minimum Gasteiger partial charge on any atom is -0.314 e. The molecule has 0 spiro atoms. The normalized spacial score (nSPS) is 22.2. The summed E-state index contributed by atoms with van der Waals surface area (Å²) in [5.41, 5.74) is 1.44. The summed E-state index contributed by atoms with van der Waals surface area (Å²) in [6.07, 6.45) is 2.03. The Kier molecular flexibility index (Phi) is 2.65. The van der Waals surface area contributed by atoms with Crippen molar-refractivity contribution < 1.29 is 5.21 Å². The van der Waals surface area contributed by atoms with Crippen LogP contribution >= 0.6 is 9.24 Å². The molecular formula is C6H12NOP. The molecule has 0 aromatic rings. The maximum atomic E-state index is 8.92. The highest BCUT2D eigenvalue weighted by molar-refractivity contribution is 7.20. The molecule has 1 saturated heterocycles. The second-order valence-corrected chi connectivity index (χ2v) is 2.61. The maximum absolute atomic E-state index is 8.92. The third-order valence-electron chi connectivity index (χ3n) is 1.62. The summed E-state index contributed by atoms with van der Waals surface area (Å²) in [6, 6.07) is 0. The van der Waals surface area contributed by atoms with E-state index in [1.165, 1.54) is 10.6 Å². The van der Waals surface area contributed by atoms with Crippen molar-refractivity contribution in [3.8, 4) is 0 Å². The van der Waals surface area contributed by atoms with Crippen molar-refractivity contribution in [2.45, 2.75) is 12.8 Å². The average molecular weight is 145 g/mol. The van der Waals surface area contributed by atoms with Crippen LogP contribution in [-0.4, -0.2) is 23.4 Å². The first-order valence-electron chi connectivity index (χ1n) is 3.16. The van der Waals surface area contributed by atoms with Crippen LogP contribution in [0, 0.1) is 0 Å². The van der Waals surface area contributed by atoms with E-state index in [1.54, 1.807) is 0 Å². The van der Waals surface area contributed by atoms with E-state index in [9.17, 15) is 0 Å². The molecule has 2 nitrogen and oxygen atoms in total. The van der Waals surface area contributed by atoms with Gasteiger partial charge in [-0.25, -0.2) is 0 Å². The summed E-state index contributed by atoms with van der Waals surface area (Å²) in [5.74, 6) is 2.06. The Hall–Kier alpha value is 0.0900. The van der Waals surface area contributed by atoms with Gasteiger partial charge in [-0.1, -0.05) is 11.4 Å². The van der Waals surface area contributed by atoms with Gasteiger partial charge in [-0.3, -0.25) is 0 Å². The van der Waals surface area contributed by atoms with Gasteiger partial charge in [0.05, 0.1) is 0 Å². The molecule has 0 bridgehead atoms. The Balaban J connectivity index is 2.35. The lowest BCUT2D eigenvalue weighted by Gasteiger charge is -2.21. The van der Waals surface area contributed by atoms with E-state index in [1.807, 2.05) is 0 Å². The molecule has 0 amide bonds. The molecule has 1 rings (SSSR count). The summed E-state index contributed by atoms with van der Waals surface area (Å²) in [4.78, 5) is 0. The van der Waals surface area contributed by atoms with E-state index in [0.29, 0.717) is 0 Å². The second kappa shape index (κ2) is 3.31. The minimum atomic E-state index is 0.792. The third-order valence-corrected chi connectivity index (χ3v) is 2.09. The second-order valence-electron chi connectivity index (χ2n) is 2.28. The lowest BCUT2D eigenvalue weighted by Crippen LogP contribution is -2.26. The van der Waals surface area contributed by atoms with Crippen LogP contribution in [0.5, 0.6) is 0 Å². The van der Waals surface area contributed by atoms with Gasteiger partial charge >= 0.3 is 0 Å². The van der Waals surface area contributed by atoms with Crippen LogP contribution in [0.15, 0.2) is 11.4 Å². The van der Waals surface area contributed by atoms with Gasteiger partial charge in [0.25, 0.3) is 0 Å². The van der Waals surface area contributed by atoms with E-state index in [4.69, 9.17) is 5.21 Å². The monoisotopic (exact) mass is 145 g/mol. The molecular weight excluding hydrogens is 133 g/mol. The highest BCUT2D eigenvalue weighted by atomic mass is 31.0. The van der Waals surface area contributed by atoms with Gasteiger partial charge in [0.15, 0.2) is 0 Å². The first-order valence-corrected chi connectivity index (χ1v) is 3.83. The quantitative estimate of drug-likeness (QED) is 0.518. The van der Waals surface area contributed by atoms with E-state index in [-0.39, 0.29) is 0 Å². The highest BCUT2D eigenvalue weighted by Crippen LogP contribution is 2.15. The molecule has 1 atom stereocenters. The summed E-state index contributed by atoms with van der Waals surface area (Å²) >= 11 is 0. The lowest BCUT2D eigenvalue weighted by atomic mass is 10.1. The smallest absolute Gasteiger partial charge is 0.0275 e. The molecule has 0 aromatic carbocycles. The fourth-order valence-electron chi connectivity index (χ4n) is 0.949. The van der Waals surface area contributed by atoms with Crippen molar-refractivity contribution in [3.05, 3.63) is 11.4 Å². The van der Waals surface area contributed by atoms with Crippen molar-refractivity contribution in [1.29, 1.82) is 0 Å². The molecule has 0 aromatic heterocycles. The van der Waals surface area contributed by atoms with Crippen molar-refractivity contribution in [2.75, 3.05) is 13.1 Å². The zero-order chi connectivity index (χ0) is 6.69. The number of hydrogen-bond acceptors (Lipinski definition) is 2. The van der Waals surface area contributed by atoms with Crippen LogP contribution in [0.2, 0.25) is 0 Å². The number of nitrogens with zero attached hydrogens (tertiary/aromatic N) is 1. The third kappa shape index (κ3) is 2.05. The molecule has 1 aliphatic rings. The molecule has 1 aliphatic heterocycles. The van der Waals surface area contributed by atoms with Crippen molar-refractivity contribution in [2.24, 2.45) is 0 Å². The molecule has 0 radical (unpaired) electrons. The Morgan fingerprint density at radius 3 is 2.44 bits per heavy atom. The van der Waals surface area contributed by atoms with E-state index >= 15 is 0 Å². The van der Waals surface area contributed by atoms with Gasteiger partial charge in [0.1, 0.15) is 0 Å². The largest absolute Gasteiger partial charge is 0.314 e. The number of hydroxylamine groups is 2. The maximum Gasteiger partial charge on any atom is 0.0275 e. The first kappa shape index (κ1) is 7.20. The number of piperidine rings is 1. The highest BCUT2D eigenvalue weighted by Gasteiger charge is 2.09. The molecule has 9 heavy (non-hydrogen) atoms. The van der Waals surface area contributed by atoms with Gasteiger partial charge in [-0.05, 0) is 12.8 Å². The zero-order valence-corrected chi connectivity index (χ0v) is 6.53. The Labute approximate surface area is 57.7 Å². The fraction of sp³-hybridized carbons (Fsp3) is 0.667. The van der Waals surface area contributed by atoms with Crippen LogP contribution in [0.4, 0.5) is 0 Å². The predicted octanol–water partition coefficient (Wildman–Crippen LogP) is 1.23. The van der Waals surface area contributed by atoms with Crippen LogP contribution in [-0.2, 0) is 0 Å². The molecule has 1 fully saturated rings. The summed E-state index contributed by atoms with van der Waals surface area (Å²) in [7, 11) is 2.60. The molecule has 1 N–H and O–H groups in total. The number of rotatable bonds is 0. The van der Waals surface area contributed by atoms with Crippen molar-refractivity contribution in [3.63, 3.8) is 0 Å². The van der Waals surface area contributed by atoms with Gasteiger partial charge in [-0.2, -0.15) is 5.06 Å². The summed E-state index contributed by atoms with van der Waals surface area (Å²) in [5, 5.41) is 10.3. The SMILES string of the molecule is ON1CCC(=CP)CC1. The van der Waals surface area contributed by atoms with E-state index in [0.717, 1.165) is 25.9 Å². The van der Waals surface area contributed by atoms with Crippen LogP contribution in [0.25, 0.3) is 0 Å². The molecule has 0 aliphatic carbocycles. The topological polar surface area (TPSA) is 23.5 Å². The Bertz CT molecular complexity index is 114. The molecule has 52 valence electrons. The molecule has 3 heteroatoms. The molecule has 1 heterocycles. The minimum absolute atomic E-state index is 0.792. The van der Waals surface area contributed by atoms with Crippen LogP contribution < -0.4 is 0 Å². The van der Waals surface area contributed by atoms with E-state index in [2.05, 4.69) is 15.1 Å². The Morgan fingerprint density at radius 1 is 1.44 bits per heavy atom. The van der Waals surface area contributed by atoms with Crippen molar-refractivity contribution in [1.82, 2.24) is 5.06 Å². The number of hydrogen-bond donors (Lipinski definition) is 1. The fourth-order valence-corrected chi connectivity index (χ4v) is 1.28. The van der Waals surface area contributed by atoms with Gasteiger partial charge in [0, 0.05) is 13.1 Å². The lowest BCUT2D eigenvalue weighted by molar-refractivity contribution is -0.0958. The average Bonchev–Trinajstić information content (AvgIpc) is 1.90. The standard InChI is InChI=1S/C6H12NOP/c8-7-3-1-6(5-9)2-4-7/h5,8H,1-4,9H2. The Morgan fingerprint density at radius 2 is 2.00 bits per heavy atom. The van der Waals surface area contributed by atoms with Gasteiger partial charge in [-0.15, -0.1) is 9.24 Å². The first-order chi connectivity index (χ1) is 4.33. The summed E-state index contributed by atoms with van der Waals surface area (Å²) < 4.78 is 0. The van der Waals surface area contributed by atoms with Gasteiger partial charge < -0.3 is 5.21 Å². The zero-order valence-electron chi connectivity index (χ0n) is 5.38. The van der Waals surface area contributed by atoms with Crippen LogP contribution in [0.3, 0.4) is 0 Å². The predicted molar refractivity (Wildman–Crippen MR) is 40.4 cm³/mol. The van der Waals surface area contributed by atoms with E-state index < -0.39 is 0 Å². The molecule has 1 unspecified atom stereocenters. The van der Waals surface area contributed by atoms with Crippen molar-refractivity contribution >= 4 is 9.24 Å². The van der Waals surface area contributed by atoms with Gasteiger partial charge in [0.2, 0.25) is 0 Å². The summed E-state index contributed by atoms with van der Waals surface area (Å²) in [6.45, 7) is 1.58.